The summed E-state index contributed by atoms with van der Waals surface area (Å²) in [4.78, 5) is 9.69. The van der Waals surface area contributed by atoms with E-state index >= 15 is 0 Å². The number of hydrogen-bond donors (Lipinski definition) is 2. The van der Waals surface area contributed by atoms with Crippen LogP contribution in [0.5, 0.6) is 0 Å². The monoisotopic (exact) mass is 132 g/mol. The molecule has 0 aliphatic carbocycles. The number of Topliss-reactive ketones (excluding diaryl/α,β-unsaturated/α-hetero) is 1. The topological polar surface area (TPSA) is 69.1 Å². The Kier molecular flexibility index (Phi) is 13.4. The Bertz CT molecular complexity index is 62.1. The summed E-state index contributed by atoms with van der Waals surface area (Å²) in [7, 11) is 0. The summed E-state index contributed by atoms with van der Waals surface area (Å²) in [6, 6.07) is 0. The van der Waals surface area contributed by atoms with Crippen molar-refractivity contribution in [3.05, 3.63) is 0 Å². The van der Waals surface area contributed by atoms with Gasteiger partial charge in [0.2, 0.25) is 0 Å². The van der Waals surface area contributed by atoms with Crippen LogP contribution in [0.2, 0.25) is 0 Å². The average Bonchev–Trinajstić information content (AvgIpc) is 1.89. The normalized spacial score (nSPS) is 7.56. The molecular weight excluding hydrogens is 116 g/mol. The van der Waals surface area contributed by atoms with Crippen LogP contribution < -0.4 is 11.5 Å². The first-order valence-electron chi connectivity index (χ1n) is 3.08. The zero-order chi connectivity index (χ0) is 7.70. The summed E-state index contributed by atoms with van der Waals surface area (Å²) >= 11 is 0. The third-order valence-corrected chi connectivity index (χ3v) is 0.576. The highest BCUT2D eigenvalue weighted by Crippen LogP contribution is 1.57. The lowest BCUT2D eigenvalue weighted by molar-refractivity contribution is -0.115. The number of hydrogen-bond acceptors (Lipinski definition) is 3. The van der Waals surface area contributed by atoms with Crippen molar-refractivity contribution in [1.82, 2.24) is 0 Å². The van der Waals surface area contributed by atoms with Crippen molar-refractivity contribution in [1.29, 1.82) is 0 Å². The second-order valence-corrected chi connectivity index (χ2v) is 1.69. The highest BCUT2D eigenvalue weighted by Gasteiger charge is 1.76. The van der Waals surface area contributed by atoms with E-state index in [1.54, 1.807) is 0 Å². The molecule has 0 bridgehead atoms. The summed E-state index contributed by atoms with van der Waals surface area (Å²) in [6.45, 7) is 4.50. The van der Waals surface area contributed by atoms with E-state index in [0.29, 0.717) is 0 Å². The Morgan fingerprint density at radius 2 is 1.67 bits per heavy atom. The van der Waals surface area contributed by atoms with Gasteiger partial charge >= 0.3 is 0 Å². The summed E-state index contributed by atoms with van der Waals surface area (Å²) < 4.78 is 0. The Morgan fingerprint density at radius 3 is 1.67 bits per heavy atom. The molecule has 0 aliphatic heterocycles. The third-order valence-electron chi connectivity index (χ3n) is 0.576. The number of rotatable bonds is 2. The Labute approximate surface area is 56.4 Å². The fourth-order valence-corrected chi connectivity index (χ4v) is 0. The van der Waals surface area contributed by atoms with Gasteiger partial charge < -0.3 is 11.5 Å². The van der Waals surface area contributed by atoms with E-state index in [1.807, 2.05) is 0 Å². The van der Waals surface area contributed by atoms with Crippen molar-refractivity contribution in [2.24, 2.45) is 11.5 Å². The maximum atomic E-state index is 9.69. The van der Waals surface area contributed by atoms with Crippen molar-refractivity contribution >= 4 is 5.78 Å². The number of carbonyl (C=O) groups is 1. The first kappa shape index (κ1) is 11.4. The molecule has 0 amide bonds. The van der Waals surface area contributed by atoms with Gasteiger partial charge in [0.25, 0.3) is 0 Å². The van der Waals surface area contributed by atoms with Gasteiger partial charge in [-0.25, -0.2) is 0 Å². The van der Waals surface area contributed by atoms with E-state index in [9.17, 15) is 4.79 Å². The molecule has 0 rings (SSSR count). The predicted molar refractivity (Wildman–Crippen MR) is 39.1 cm³/mol. The molecule has 0 unspecified atom stereocenters. The second kappa shape index (κ2) is 10.5. The molecule has 0 aliphatic rings. The summed E-state index contributed by atoms with van der Waals surface area (Å²) in [6.07, 6.45) is 1.10. The molecule has 3 heteroatoms. The van der Waals surface area contributed by atoms with E-state index in [1.165, 1.54) is 6.92 Å². The average molecular weight is 132 g/mol. The molecule has 0 aromatic carbocycles. The minimum Gasteiger partial charge on any atom is -0.330 e. The lowest BCUT2D eigenvalue weighted by Gasteiger charge is -1.73. The second-order valence-electron chi connectivity index (χ2n) is 1.69. The van der Waals surface area contributed by atoms with E-state index in [4.69, 9.17) is 11.5 Å². The molecule has 0 radical (unpaired) electrons. The van der Waals surface area contributed by atoms with Crippen molar-refractivity contribution < 1.29 is 4.79 Å². The predicted octanol–water partition coefficient (Wildman–Crippen LogP) is -0.111. The molecule has 0 heterocycles. The first-order chi connectivity index (χ1) is 4.18. The molecule has 56 valence electrons. The Morgan fingerprint density at radius 1 is 1.44 bits per heavy atom. The molecule has 9 heavy (non-hydrogen) atoms. The minimum atomic E-state index is 0.0324. The van der Waals surface area contributed by atoms with Crippen LogP contribution in [-0.4, -0.2) is 18.9 Å². The maximum absolute atomic E-state index is 9.69. The molecule has 0 saturated carbocycles. The standard InChI is InChI=1S/C3H7NO.C3H9N/c1-3(5)2-4;1-2-3-4/h2,4H2,1H3;2-4H2,1H3. The molecule has 3 nitrogen and oxygen atoms in total. The molecule has 0 aromatic heterocycles. The highest BCUT2D eigenvalue weighted by molar-refractivity contribution is 5.77. The maximum Gasteiger partial charge on any atom is 0.143 e. The molecular formula is C6H16N2O. The van der Waals surface area contributed by atoms with Gasteiger partial charge in [0, 0.05) is 0 Å². The molecule has 4 N–H and O–H groups in total. The SMILES string of the molecule is CC(=O)CN.CCCN. The fraction of sp³-hybridized carbons (Fsp3) is 0.833. The van der Waals surface area contributed by atoms with Crippen molar-refractivity contribution in [2.45, 2.75) is 20.3 Å². The quantitative estimate of drug-likeness (QED) is 0.550. The van der Waals surface area contributed by atoms with Crippen LogP contribution in [-0.2, 0) is 4.79 Å². The molecule has 0 aromatic rings. The first-order valence-corrected chi connectivity index (χ1v) is 3.08. The van der Waals surface area contributed by atoms with Crippen molar-refractivity contribution in [3.63, 3.8) is 0 Å². The van der Waals surface area contributed by atoms with E-state index in [-0.39, 0.29) is 12.3 Å². The molecule has 0 atom stereocenters. The lowest BCUT2D eigenvalue weighted by Crippen LogP contribution is -2.07. The number of carbonyl (C=O) groups excluding carboxylic acids is 1. The zero-order valence-corrected chi connectivity index (χ0v) is 6.18. The van der Waals surface area contributed by atoms with Gasteiger partial charge in [-0.05, 0) is 19.9 Å². The van der Waals surface area contributed by atoms with E-state index in [0.717, 1.165) is 13.0 Å². The van der Waals surface area contributed by atoms with Gasteiger partial charge in [0.1, 0.15) is 5.78 Å². The summed E-state index contributed by atoms with van der Waals surface area (Å²) in [5.41, 5.74) is 9.85. The smallest absolute Gasteiger partial charge is 0.143 e. The van der Waals surface area contributed by atoms with Crippen LogP contribution in [0.25, 0.3) is 0 Å². The summed E-state index contributed by atoms with van der Waals surface area (Å²) in [5.74, 6) is 0.0324. The van der Waals surface area contributed by atoms with Crippen LogP contribution in [0.1, 0.15) is 20.3 Å². The highest BCUT2D eigenvalue weighted by atomic mass is 16.1. The van der Waals surface area contributed by atoms with Crippen molar-refractivity contribution in [3.8, 4) is 0 Å². The van der Waals surface area contributed by atoms with E-state index in [2.05, 4.69) is 6.92 Å². The minimum absolute atomic E-state index is 0.0324. The molecule has 0 saturated heterocycles. The van der Waals surface area contributed by atoms with E-state index < -0.39 is 0 Å². The van der Waals surface area contributed by atoms with Gasteiger partial charge in [-0.15, -0.1) is 0 Å². The van der Waals surface area contributed by atoms with Gasteiger partial charge in [0.15, 0.2) is 0 Å². The van der Waals surface area contributed by atoms with Gasteiger partial charge in [0.05, 0.1) is 6.54 Å². The van der Waals surface area contributed by atoms with Crippen LogP contribution >= 0.6 is 0 Å². The molecule has 0 spiro atoms. The molecule has 0 fully saturated rings. The Balaban J connectivity index is 0. The van der Waals surface area contributed by atoms with Gasteiger partial charge in [-0.2, -0.15) is 0 Å². The number of nitrogens with two attached hydrogens (primary N) is 2. The van der Waals surface area contributed by atoms with Gasteiger partial charge in [-0.1, -0.05) is 6.92 Å². The van der Waals surface area contributed by atoms with Crippen LogP contribution in [0.3, 0.4) is 0 Å². The summed E-state index contributed by atoms with van der Waals surface area (Å²) in [5, 5.41) is 0. The van der Waals surface area contributed by atoms with Crippen LogP contribution in [0.4, 0.5) is 0 Å². The lowest BCUT2D eigenvalue weighted by atomic mass is 10.5. The zero-order valence-electron chi connectivity index (χ0n) is 6.18. The van der Waals surface area contributed by atoms with Crippen molar-refractivity contribution in [2.75, 3.05) is 13.1 Å². The third kappa shape index (κ3) is 35.4. The largest absolute Gasteiger partial charge is 0.330 e. The number of ketones is 1. The van der Waals surface area contributed by atoms with Crippen LogP contribution in [0, 0.1) is 0 Å². The van der Waals surface area contributed by atoms with Gasteiger partial charge in [-0.3, -0.25) is 4.79 Å². The fourth-order valence-electron chi connectivity index (χ4n) is 0. The van der Waals surface area contributed by atoms with Crippen LogP contribution in [0.15, 0.2) is 0 Å². The Hall–Kier alpha value is -0.410.